The Bertz CT molecular complexity index is 595. The first-order valence-electron chi connectivity index (χ1n) is 6.05. The minimum absolute atomic E-state index is 0.441. The number of nitrogens with two attached hydrogens (primary N) is 1. The minimum Gasteiger partial charge on any atom is -0.366 e. The molecule has 1 amide bonds. The molecule has 0 bridgehead atoms. The summed E-state index contributed by atoms with van der Waals surface area (Å²) in [4.78, 5) is 10.5. The molecule has 0 saturated heterocycles. The van der Waals surface area contributed by atoms with Gasteiger partial charge in [0, 0.05) is 6.08 Å². The molecule has 0 aromatic heterocycles. The first-order valence-corrected chi connectivity index (χ1v) is 6.05. The molecule has 0 atom stereocenters. The number of amides is 1. The van der Waals surface area contributed by atoms with Crippen molar-refractivity contribution in [1.29, 1.82) is 0 Å². The van der Waals surface area contributed by atoms with Crippen LogP contribution in [0, 0.1) is 0 Å². The van der Waals surface area contributed by atoms with E-state index in [9.17, 15) is 4.79 Å². The Labute approximate surface area is 112 Å². The second-order valence-corrected chi connectivity index (χ2v) is 4.11. The Kier molecular flexibility index (Phi) is 4.29. The second-order valence-electron chi connectivity index (χ2n) is 4.11. The van der Waals surface area contributed by atoms with E-state index in [-0.39, 0.29) is 0 Å². The monoisotopic (exact) mass is 249 g/mol. The molecule has 0 saturated carbocycles. The molecule has 19 heavy (non-hydrogen) atoms. The topological polar surface area (TPSA) is 43.1 Å². The SMILES string of the molecule is NC(=O)/C=C/C=C/c1ccc(-c2ccccc2)cc1. The molecule has 0 aliphatic rings. The van der Waals surface area contributed by atoms with E-state index in [1.165, 1.54) is 17.2 Å². The lowest BCUT2D eigenvalue weighted by Gasteiger charge is -2.01. The van der Waals surface area contributed by atoms with Crippen LogP contribution in [0.4, 0.5) is 0 Å². The van der Waals surface area contributed by atoms with Crippen LogP contribution in [-0.4, -0.2) is 5.91 Å². The molecule has 2 heteroatoms. The van der Waals surface area contributed by atoms with E-state index in [0.717, 1.165) is 5.56 Å². The highest BCUT2D eigenvalue weighted by Gasteiger charge is 1.95. The summed E-state index contributed by atoms with van der Waals surface area (Å²) in [7, 11) is 0. The van der Waals surface area contributed by atoms with Gasteiger partial charge in [-0.05, 0) is 16.7 Å². The Morgan fingerprint density at radius 3 is 2.11 bits per heavy atom. The number of primary amides is 1. The van der Waals surface area contributed by atoms with Crippen LogP contribution in [0.15, 0.2) is 72.8 Å². The van der Waals surface area contributed by atoms with E-state index in [2.05, 4.69) is 24.3 Å². The maximum absolute atomic E-state index is 10.5. The van der Waals surface area contributed by atoms with Gasteiger partial charge in [0.25, 0.3) is 0 Å². The molecule has 0 unspecified atom stereocenters. The van der Waals surface area contributed by atoms with Crippen molar-refractivity contribution in [3.05, 3.63) is 78.4 Å². The molecule has 2 aromatic rings. The number of allylic oxidation sites excluding steroid dienone is 2. The summed E-state index contributed by atoms with van der Waals surface area (Å²) < 4.78 is 0. The molecule has 0 fully saturated rings. The lowest BCUT2D eigenvalue weighted by atomic mass is 10.0. The number of carbonyl (C=O) groups is 1. The Balaban J connectivity index is 2.09. The summed E-state index contributed by atoms with van der Waals surface area (Å²) >= 11 is 0. The average Bonchev–Trinajstić information content (AvgIpc) is 2.45. The van der Waals surface area contributed by atoms with Gasteiger partial charge in [0.2, 0.25) is 5.91 Å². The molecule has 2 rings (SSSR count). The standard InChI is InChI=1S/C17H15NO/c18-17(19)9-5-4-6-14-10-12-16(13-11-14)15-7-2-1-3-8-15/h1-13H,(H2,18,19)/b6-4+,9-5+. The number of rotatable bonds is 4. The van der Waals surface area contributed by atoms with Crippen molar-refractivity contribution in [2.24, 2.45) is 5.73 Å². The molecule has 0 aliphatic carbocycles. The van der Waals surface area contributed by atoms with Crippen LogP contribution in [0.5, 0.6) is 0 Å². The van der Waals surface area contributed by atoms with Crippen molar-refractivity contribution in [3.8, 4) is 11.1 Å². The predicted octanol–water partition coefficient (Wildman–Crippen LogP) is 3.41. The van der Waals surface area contributed by atoms with E-state index < -0.39 is 5.91 Å². The molecule has 94 valence electrons. The van der Waals surface area contributed by atoms with Gasteiger partial charge in [-0.25, -0.2) is 0 Å². The van der Waals surface area contributed by atoms with Gasteiger partial charge in [0.1, 0.15) is 0 Å². The Morgan fingerprint density at radius 2 is 1.47 bits per heavy atom. The van der Waals surface area contributed by atoms with E-state index in [1.807, 2.05) is 36.4 Å². The molecule has 2 N–H and O–H groups in total. The van der Waals surface area contributed by atoms with Crippen molar-refractivity contribution < 1.29 is 4.79 Å². The first kappa shape index (κ1) is 12.8. The van der Waals surface area contributed by atoms with Crippen molar-refractivity contribution in [2.45, 2.75) is 0 Å². The van der Waals surface area contributed by atoms with E-state index >= 15 is 0 Å². The second kappa shape index (κ2) is 6.36. The normalized spacial score (nSPS) is 11.2. The van der Waals surface area contributed by atoms with Crippen LogP contribution in [-0.2, 0) is 4.79 Å². The van der Waals surface area contributed by atoms with Gasteiger partial charge in [-0.1, -0.05) is 72.8 Å². The quantitative estimate of drug-likeness (QED) is 0.655. The molecule has 0 aliphatic heterocycles. The molecular formula is C17H15NO. The Morgan fingerprint density at radius 1 is 0.842 bits per heavy atom. The highest BCUT2D eigenvalue weighted by atomic mass is 16.1. The summed E-state index contributed by atoms with van der Waals surface area (Å²) in [6.07, 6.45) is 6.68. The van der Waals surface area contributed by atoms with Crippen LogP contribution in [0.25, 0.3) is 17.2 Å². The third-order valence-electron chi connectivity index (χ3n) is 2.68. The third kappa shape index (κ3) is 3.96. The van der Waals surface area contributed by atoms with Crippen LogP contribution >= 0.6 is 0 Å². The lowest BCUT2D eigenvalue weighted by molar-refractivity contribution is -0.113. The van der Waals surface area contributed by atoms with Crippen molar-refractivity contribution >= 4 is 12.0 Å². The number of carbonyl (C=O) groups excluding carboxylic acids is 1. The van der Waals surface area contributed by atoms with Crippen LogP contribution in [0.2, 0.25) is 0 Å². The van der Waals surface area contributed by atoms with Gasteiger partial charge in [-0.2, -0.15) is 0 Å². The van der Waals surface area contributed by atoms with Gasteiger partial charge < -0.3 is 5.73 Å². The Hall–Kier alpha value is -2.61. The summed E-state index contributed by atoms with van der Waals surface area (Å²) in [6, 6.07) is 18.5. The van der Waals surface area contributed by atoms with Gasteiger partial charge >= 0.3 is 0 Å². The van der Waals surface area contributed by atoms with Crippen molar-refractivity contribution in [2.75, 3.05) is 0 Å². The fraction of sp³-hybridized carbons (Fsp3) is 0. The van der Waals surface area contributed by atoms with Gasteiger partial charge in [-0.3, -0.25) is 4.79 Å². The maximum atomic E-state index is 10.5. The van der Waals surface area contributed by atoms with Crippen LogP contribution < -0.4 is 5.73 Å². The van der Waals surface area contributed by atoms with E-state index in [0.29, 0.717) is 0 Å². The number of benzene rings is 2. The number of hydrogen-bond donors (Lipinski definition) is 1. The number of hydrogen-bond acceptors (Lipinski definition) is 1. The highest BCUT2D eigenvalue weighted by molar-refractivity contribution is 5.86. The average molecular weight is 249 g/mol. The first-order chi connectivity index (χ1) is 9.25. The largest absolute Gasteiger partial charge is 0.366 e. The molecule has 0 radical (unpaired) electrons. The molecule has 0 spiro atoms. The molecule has 2 aromatic carbocycles. The third-order valence-corrected chi connectivity index (χ3v) is 2.68. The smallest absolute Gasteiger partial charge is 0.241 e. The van der Waals surface area contributed by atoms with E-state index in [1.54, 1.807) is 12.2 Å². The predicted molar refractivity (Wildman–Crippen MR) is 79.2 cm³/mol. The van der Waals surface area contributed by atoms with Crippen LogP contribution in [0.1, 0.15) is 5.56 Å². The molecular weight excluding hydrogens is 234 g/mol. The zero-order valence-electron chi connectivity index (χ0n) is 10.5. The van der Waals surface area contributed by atoms with Crippen molar-refractivity contribution in [3.63, 3.8) is 0 Å². The zero-order valence-corrected chi connectivity index (χ0v) is 10.5. The van der Waals surface area contributed by atoms with Crippen LogP contribution in [0.3, 0.4) is 0 Å². The van der Waals surface area contributed by atoms with E-state index in [4.69, 9.17) is 5.73 Å². The highest BCUT2D eigenvalue weighted by Crippen LogP contribution is 2.19. The molecule has 2 nitrogen and oxygen atoms in total. The summed E-state index contributed by atoms with van der Waals surface area (Å²) in [5.74, 6) is -0.441. The van der Waals surface area contributed by atoms with Gasteiger partial charge in [-0.15, -0.1) is 0 Å². The van der Waals surface area contributed by atoms with Gasteiger partial charge in [0.15, 0.2) is 0 Å². The molecule has 0 heterocycles. The summed E-state index contributed by atoms with van der Waals surface area (Å²) in [5.41, 5.74) is 8.46. The minimum atomic E-state index is -0.441. The maximum Gasteiger partial charge on any atom is 0.241 e. The summed E-state index contributed by atoms with van der Waals surface area (Å²) in [5, 5.41) is 0. The summed E-state index contributed by atoms with van der Waals surface area (Å²) in [6.45, 7) is 0. The van der Waals surface area contributed by atoms with Gasteiger partial charge in [0.05, 0.1) is 0 Å². The van der Waals surface area contributed by atoms with Crippen molar-refractivity contribution in [1.82, 2.24) is 0 Å². The fourth-order valence-electron chi connectivity index (χ4n) is 1.73. The fourth-order valence-corrected chi connectivity index (χ4v) is 1.73. The lowest BCUT2D eigenvalue weighted by Crippen LogP contribution is -2.04. The zero-order chi connectivity index (χ0) is 13.5.